The molecule has 118 valence electrons. The molecule has 20 heavy (non-hydrogen) atoms. The minimum Gasteiger partial charge on any atom is -0.329 e. The minimum atomic E-state index is 0.312. The predicted octanol–water partition coefficient (Wildman–Crippen LogP) is 2.70. The molecule has 2 heterocycles. The highest BCUT2D eigenvalue weighted by atomic mass is 15.2. The summed E-state index contributed by atoms with van der Waals surface area (Å²) in [5, 5.41) is 0. The zero-order valence-corrected chi connectivity index (χ0v) is 13.7. The van der Waals surface area contributed by atoms with Crippen molar-refractivity contribution < 1.29 is 0 Å². The van der Waals surface area contributed by atoms with Crippen molar-refractivity contribution in [2.75, 3.05) is 39.3 Å². The molecule has 2 aliphatic heterocycles. The lowest BCUT2D eigenvalue weighted by atomic mass is 9.85. The normalized spacial score (nSPS) is 29.2. The van der Waals surface area contributed by atoms with Crippen LogP contribution in [0.2, 0.25) is 0 Å². The Balaban J connectivity index is 1.94. The van der Waals surface area contributed by atoms with E-state index in [2.05, 4.69) is 23.6 Å². The van der Waals surface area contributed by atoms with Gasteiger partial charge in [-0.15, -0.1) is 0 Å². The second-order valence-corrected chi connectivity index (χ2v) is 6.96. The molecule has 0 saturated carbocycles. The fourth-order valence-corrected chi connectivity index (χ4v) is 4.21. The van der Waals surface area contributed by atoms with Crippen molar-refractivity contribution in [1.82, 2.24) is 9.80 Å². The van der Waals surface area contributed by atoms with E-state index < -0.39 is 0 Å². The van der Waals surface area contributed by atoms with Crippen molar-refractivity contribution in [2.45, 2.75) is 64.3 Å². The van der Waals surface area contributed by atoms with Crippen LogP contribution >= 0.6 is 0 Å². The summed E-state index contributed by atoms with van der Waals surface area (Å²) in [6, 6.07) is 0. The maximum atomic E-state index is 6.25. The first-order valence-corrected chi connectivity index (χ1v) is 8.91. The van der Waals surface area contributed by atoms with Gasteiger partial charge in [-0.3, -0.25) is 4.90 Å². The molecule has 2 fully saturated rings. The van der Waals surface area contributed by atoms with Crippen LogP contribution in [0.4, 0.5) is 0 Å². The molecule has 2 aliphatic rings. The lowest BCUT2D eigenvalue weighted by molar-refractivity contribution is 0.0282. The summed E-state index contributed by atoms with van der Waals surface area (Å²) >= 11 is 0. The van der Waals surface area contributed by atoms with Gasteiger partial charge in [0.05, 0.1) is 0 Å². The summed E-state index contributed by atoms with van der Waals surface area (Å²) in [4.78, 5) is 5.40. The van der Waals surface area contributed by atoms with Gasteiger partial charge in [0.1, 0.15) is 0 Å². The van der Waals surface area contributed by atoms with Gasteiger partial charge in [-0.05, 0) is 77.2 Å². The van der Waals surface area contributed by atoms with E-state index in [0.717, 1.165) is 12.5 Å². The molecule has 2 saturated heterocycles. The number of rotatable bonds is 5. The molecule has 0 aromatic carbocycles. The highest BCUT2D eigenvalue weighted by Crippen LogP contribution is 2.32. The molecule has 3 nitrogen and oxygen atoms in total. The Labute approximate surface area is 125 Å². The molecule has 1 atom stereocenters. The maximum absolute atomic E-state index is 6.25. The number of nitrogens with zero attached hydrogens (tertiary/aromatic N) is 2. The Morgan fingerprint density at radius 2 is 1.80 bits per heavy atom. The number of nitrogens with two attached hydrogens (primary N) is 1. The van der Waals surface area contributed by atoms with E-state index in [9.17, 15) is 0 Å². The van der Waals surface area contributed by atoms with Crippen LogP contribution in [0, 0.1) is 5.92 Å². The van der Waals surface area contributed by atoms with Crippen LogP contribution in [-0.4, -0.2) is 54.6 Å². The van der Waals surface area contributed by atoms with Gasteiger partial charge in [-0.25, -0.2) is 0 Å². The van der Waals surface area contributed by atoms with Crippen LogP contribution in [-0.2, 0) is 0 Å². The molecule has 3 heteroatoms. The summed E-state index contributed by atoms with van der Waals surface area (Å²) in [7, 11) is 0. The molecular formula is C17H35N3. The first-order chi connectivity index (χ1) is 9.74. The Kier molecular flexibility index (Phi) is 6.31. The largest absolute Gasteiger partial charge is 0.329 e. The highest BCUT2D eigenvalue weighted by molar-refractivity contribution is 4.97. The van der Waals surface area contributed by atoms with Crippen molar-refractivity contribution in [3.63, 3.8) is 0 Å². The number of piperidine rings is 1. The van der Waals surface area contributed by atoms with E-state index in [4.69, 9.17) is 5.73 Å². The van der Waals surface area contributed by atoms with Crippen LogP contribution in [0.25, 0.3) is 0 Å². The van der Waals surface area contributed by atoms with Gasteiger partial charge in [-0.2, -0.15) is 0 Å². The van der Waals surface area contributed by atoms with Gasteiger partial charge < -0.3 is 10.6 Å². The van der Waals surface area contributed by atoms with Crippen molar-refractivity contribution in [3.8, 4) is 0 Å². The summed E-state index contributed by atoms with van der Waals surface area (Å²) in [6.45, 7) is 11.8. The van der Waals surface area contributed by atoms with Crippen molar-refractivity contribution in [2.24, 2.45) is 11.7 Å². The Morgan fingerprint density at radius 1 is 1.05 bits per heavy atom. The fourth-order valence-electron chi connectivity index (χ4n) is 4.21. The average Bonchev–Trinajstić information content (AvgIpc) is 2.74. The maximum Gasteiger partial charge on any atom is 0.0356 e. The number of hydrogen-bond donors (Lipinski definition) is 1. The molecule has 0 radical (unpaired) electrons. The summed E-state index contributed by atoms with van der Waals surface area (Å²) in [5.74, 6) is 0.954. The molecule has 0 spiro atoms. The first-order valence-electron chi connectivity index (χ1n) is 8.91. The predicted molar refractivity (Wildman–Crippen MR) is 87.0 cm³/mol. The van der Waals surface area contributed by atoms with E-state index in [1.807, 2.05) is 0 Å². The number of hydrogen-bond acceptors (Lipinski definition) is 3. The lowest BCUT2D eigenvalue weighted by Gasteiger charge is -2.48. The topological polar surface area (TPSA) is 32.5 Å². The SMILES string of the molecule is CCCN1CCC(CN)(N2CCCC(CC)CC2)CC1. The molecule has 2 N–H and O–H groups in total. The second-order valence-electron chi connectivity index (χ2n) is 6.96. The Morgan fingerprint density at radius 3 is 2.40 bits per heavy atom. The Bertz CT molecular complexity index is 271. The van der Waals surface area contributed by atoms with Crippen LogP contribution in [0.3, 0.4) is 0 Å². The average molecular weight is 281 g/mol. The van der Waals surface area contributed by atoms with Gasteiger partial charge in [0.15, 0.2) is 0 Å². The van der Waals surface area contributed by atoms with Gasteiger partial charge in [0, 0.05) is 12.1 Å². The molecule has 0 aliphatic carbocycles. The quantitative estimate of drug-likeness (QED) is 0.841. The van der Waals surface area contributed by atoms with E-state index in [-0.39, 0.29) is 0 Å². The zero-order chi connectivity index (χ0) is 14.4. The van der Waals surface area contributed by atoms with E-state index >= 15 is 0 Å². The monoisotopic (exact) mass is 281 g/mol. The molecule has 0 amide bonds. The third kappa shape index (κ3) is 3.75. The summed E-state index contributed by atoms with van der Waals surface area (Å²) in [5.41, 5.74) is 6.56. The van der Waals surface area contributed by atoms with Crippen molar-refractivity contribution in [3.05, 3.63) is 0 Å². The van der Waals surface area contributed by atoms with Gasteiger partial charge in [0.25, 0.3) is 0 Å². The minimum absolute atomic E-state index is 0.312. The van der Waals surface area contributed by atoms with Gasteiger partial charge in [-0.1, -0.05) is 20.3 Å². The molecule has 0 bridgehead atoms. The third-order valence-electron chi connectivity index (χ3n) is 5.80. The first kappa shape index (κ1) is 16.3. The van der Waals surface area contributed by atoms with E-state index in [1.54, 1.807) is 0 Å². The lowest BCUT2D eigenvalue weighted by Crippen LogP contribution is -2.59. The van der Waals surface area contributed by atoms with Crippen molar-refractivity contribution >= 4 is 0 Å². The smallest absolute Gasteiger partial charge is 0.0356 e. The van der Waals surface area contributed by atoms with Gasteiger partial charge >= 0.3 is 0 Å². The molecular weight excluding hydrogens is 246 g/mol. The fraction of sp³-hybridized carbons (Fsp3) is 1.00. The summed E-state index contributed by atoms with van der Waals surface area (Å²) in [6.07, 6.45) is 9.37. The third-order valence-corrected chi connectivity index (χ3v) is 5.80. The molecule has 0 aromatic heterocycles. The van der Waals surface area contributed by atoms with Gasteiger partial charge in [0.2, 0.25) is 0 Å². The van der Waals surface area contributed by atoms with Crippen LogP contribution < -0.4 is 5.73 Å². The van der Waals surface area contributed by atoms with Crippen LogP contribution in [0.5, 0.6) is 0 Å². The second kappa shape index (κ2) is 7.77. The zero-order valence-electron chi connectivity index (χ0n) is 13.7. The standard InChI is InChI=1S/C17H35N3/c1-3-10-19-13-8-17(15-18,9-14-19)20-11-5-6-16(4-2)7-12-20/h16H,3-15,18H2,1-2H3. The number of likely N-dealkylation sites (tertiary alicyclic amines) is 2. The summed E-state index contributed by atoms with van der Waals surface area (Å²) < 4.78 is 0. The molecule has 0 aromatic rings. The van der Waals surface area contributed by atoms with E-state index in [0.29, 0.717) is 5.54 Å². The molecule has 1 unspecified atom stereocenters. The van der Waals surface area contributed by atoms with Crippen molar-refractivity contribution in [1.29, 1.82) is 0 Å². The van der Waals surface area contributed by atoms with Crippen LogP contribution in [0.15, 0.2) is 0 Å². The van der Waals surface area contributed by atoms with Crippen LogP contribution in [0.1, 0.15) is 58.8 Å². The molecule has 2 rings (SSSR count). The van der Waals surface area contributed by atoms with E-state index in [1.165, 1.54) is 77.7 Å². The Hall–Kier alpha value is -0.120. The highest BCUT2D eigenvalue weighted by Gasteiger charge is 2.38.